The second-order valence-corrected chi connectivity index (χ2v) is 3.89. The Labute approximate surface area is 84.3 Å². The van der Waals surface area contributed by atoms with Gasteiger partial charge >= 0.3 is 0 Å². The molecule has 2 heteroatoms. The van der Waals surface area contributed by atoms with Crippen LogP contribution in [0.4, 0.5) is 0 Å². The van der Waals surface area contributed by atoms with Crippen molar-refractivity contribution in [3.63, 3.8) is 0 Å². The second-order valence-electron chi connectivity index (χ2n) is 3.89. The first-order valence-electron chi connectivity index (χ1n) is 4.89. The van der Waals surface area contributed by atoms with Gasteiger partial charge in [0.05, 0.1) is 5.52 Å². The van der Waals surface area contributed by atoms with Crippen molar-refractivity contribution in [2.45, 2.75) is 20.4 Å². The maximum absolute atomic E-state index is 5.73. The van der Waals surface area contributed by atoms with Gasteiger partial charge in [-0.25, -0.2) is 0 Å². The zero-order valence-corrected chi connectivity index (χ0v) is 8.96. The molecular formula is C12H16N2. The molecule has 0 fully saturated rings. The van der Waals surface area contributed by atoms with Crippen molar-refractivity contribution in [2.24, 2.45) is 12.8 Å². The minimum absolute atomic E-state index is 0.613. The molecule has 2 nitrogen and oxygen atoms in total. The van der Waals surface area contributed by atoms with Crippen molar-refractivity contribution in [1.82, 2.24) is 4.57 Å². The highest BCUT2D eigenvalue weighted by Crippen LogP contribution is 2.26. The Hall–Kier alpha value is -1.28. The summed E-state index contributed by atoms with van der Waals surface area (Å²) in [5, 5.41) is 1.33. The Morgan fingerprint density at radius 1 is 1.21 bits per heavy atom. The highest BCUT2D eigenvalue weighted by atomic mass is 14.9. The molecule has 0 amide bonds. The molecule has 0 bridgehead atoms. The molecule has 1 heterocycles. The number of nitrogens with two attached hydrogens (primary N) is 1. The fraction of sp³-hybridized carbons (Fsp3) is 0.333. The van der Waals surface area contributed by atoms with Crippen LogP contribution >= 0.6 is 0 Å². The van der Waals surface area contributed by atoms with Crippen LogP contribution < -0.4 is 5.73 Å². The normalized spacial score (nSPS) is 11.1. The average Bonchev–Trinajstić information content (AvgIpc) is 2.50. The molecule has 2 rings (SSSR count). The third kappa shape index (κ3) is 1.15. The van der Waals surface area contributed by atoms with E-state index >= 15 is 0 Å². The van der Waals surface area contributed by atoms with Crippen LogP contribution in [0.2, 0.25) is 0 Å². The van der Waals surface area contributed by atoms with Gasteiger partial charge in [-0.05, 0) is 30.5 Å². The number of benzene rings is 1. The minimum Gasteiger partial charge on any atom is -0.350 e. The topological polar surface area (TPSA) is 30.9 Å². The fourth-order valence-corrected chi connectivity index (χ4v) is 2.17. The zero-order chi connectivity index (χ0) is 10.3. The molecule has 2 N–H and O–H groups in total. The molecule has 14 heavy (non-hydrogen) atoms. The Kier molecular flexibility index (Phi) is 2.08. The summed E-state index contributed by atoms with van der Waals surface area (Å²) in [7, 11) is 2.08. The maximum Gasteiger partial charge on any atom is 0.0513 e. The molecule has 74 valence electrons. The first kappa shape index (κ1) is 9.28. The number of aromatic nitrogens is 1. The molecular weight excluding hydrogens is 172 g/mol. The standard InChI is InChI=1S/C12H16N2/c1-8-4-5-9(2)12-11(8)10(6-13)7-14(12)3/h4-5,7H,6,13H2,1-3H3. The highest BCUT2D eigenvalue weighted by Gasteiger charge is 2.09. The van der Waals surface area contributed by atoms with Crippen molar-refractivity contribution >= 4 is 10.9 Å². The number of hydrogen-bond acceptors (Lipinski definition) is 1. The summed E-state index contributed by atoms with van der Waals surface area (Å²) in [4.78, 5) is 0. The van der Waals surface area contributed by atoms with Gasteiger partial charge in [0, 0.05) is 25.2 Å². The first-order valence-corrected chi connectivity index (χ1v) is 4.89. The van der Waals surface area contributed by atoms with Crippen molar-refractivity contribution in [2.75, 3.05) is 0 Å². The van der Waals surface area contributed by atoms with Crippen LogP contribution in [0.15, 0.2) is 18.3 Å². The Morgan fingerprint density at radius 3 is 2.50 bits per heavy atom. The van der Waals surface area contributed by atoms with Crippen LogP contribution in [0.25, 0.3) is 10.9 Å². The second kappa shape index (κ2) is 3.14. The lowest BCUT2D eigenvalue weighted by Crippen LogP contribution is -1.95. The van der Waals surface area contributed by atoms with Gasteiger partial charge in [0.2, 0.25) is 0 Å². The molecule has 1 aromatic heterocycles. The van der Waals surface area contributed by atoms with E-state index in [1.165, 1.54) is 27.6 Å². The summed E-state index contributed by atoms with van der Waals surface area (Å²) in [6.45, 7) is 4.89. The quantitative estimate of drug-likeness (QED) is 0.731. The molecule has 2 aromatic rings. The van der Waals surface area contributed by atoms with E-state index < -0.39 is 0 Å². The Bertz CT molecular complexity index is 481. The number of nitrogens with zero attached hydrogens (tertiary/aromatic N) is 1. The molecule has 0 spiro atoms. The molecule has 0 radical (unpaired) electrons. The van der Waals surface area contributed by atoms with Crippen molar-refractivity contribution in [3.05, 3.63) is 35.0 Å². The van der Waals surface area contributed by atoms with Crippen LogP contribution in [-0.4, -0.2) is 4.57 Å². The maximum atomic E-state index is 5.73. The molecule has 0 saturated carbocycles. The van der Waals surface area contributed by atoms with E-state index in [-0.39, 0.29) is 0 Å². The van der Waals surface area contributed by atoms with E-state index in [0.717, 1.165) is 0 Å². The summed E-state index contributed by atoms with van der Waals surface area (Å²) in [5.74, 6) is 0. The van der Waals surface area contributed by atoms with Gasteiger partial charge in [0.25, 0.3) is 0 Å². The highest BCUT2D eigenvalue weighted by molar-refractivity contribution is 5.89. The smallest absolute Gasteiger partial charge is 0.0513 e. The molecule has 0 aliphatic rings. The summed E-state index contributed by atoms with van der Waals surface area (Å²) in [6, 6.07) is 4.33. The zero-order valence-electron chi connectivity index (χ0n) is 8.96. The first-order chi connectivity index (χ1) is 6.65. The molecule has 0 aliphatic heterocycles. The molecule has 0 unspecified atom stereocenters. The van der Waals surface area contributed by atoms with E-state index in [9.17, 15) is 0 Å². The van der Waals surface area contributed by atoms with Gasteiger partial charge < -0.3 is 10.3 Å². The van der Waals surface area contributed by atoms with Gasteiger partial charge in [0.15, 0.2) is 0 Å². The largest absolute Gasteiger partial charge is 0.350 e. The van der Waals surface area contributed by atoms with Crippen LogP contribution in [0.1, 0.15) is 16.7 Å². The summed E-state index contributed by atoms with van der Waals surface area (Å²) >= 11 is 0. The monoisotopic (exact) mass is 188 g/mol. The van der Waals surface area contributed by atoms with Crippen LogP contribution in [0, 0.1) is 13.8 Å². The Morgan fingerprint density at radius 2 is 1.86 bits per heavy atom. The van der Waals surface area contributed by atoms with Crippen LogP contribution in [0.5, 0.6) is 0 Å². The lowest BCUT2D eigenvalue weighted by atomic mass is 10.0. The third-order valence-corrected chi connectivity index (χ3v) is 2.83. The van der Waals surface area contributed by atoms with Crippen molar-refractivity contribution in [1.29, 1.82) is 0 Å². The molecule has 0 aliphatic carbocycles. The van der Waals surface area contributed by atoms with Crippen LogP contribution in [0.3, 0.4) is 0 Å². The Balaban J connectivity index is 2.94. The lowest BCUT2D eigenvalue weighted by Gasteiger charge is -2.03. The average molecular weight is 188 g/mol. The molecule has 0 atom stereocenters. The fourth-order valence-electron chi connectivity index (χ4n) is 2.17. The molecule has 0 saturated heterocycles. The summed E-state index contributed by atoms with van der Waals surface area (Å²) in [6.07, 6.45) is 2.13. The van der Waals surface area contributed by atoms with Gasteiger partial charge in [-0.2, -0.15) is 0 Å². The van der Waals surface area contributed by atoms with E-state index in [0.29, 0.717) is 6.54 Å². The van der Waals surface area contributed by atoms with E-state index in [4.69, 9.17) is 5.73 Å². The predicted octanol–water partition coefficient (Wildman–Crippen LogP) is 2.25. The summed E-state index contributed by atoms with van der Waals surface area (Å²) < 4.78 is 2.17. The lowest BCUT2D eigenvalue weighted by molar-refractivity contribution is 0.945. The number of aryl methyl sites for hydroxylation is 3. The van der Waals surface area contributed by atoms with Gasteiger partial charge in [0.1, 0.15) is 0 Å². The van der Waals surface area contributed by atoms with Crippen molar-refractivity contribution in [3.8, 4) is 0 Å². The number of rotatable bonds is 1. The molecule has 1 aromatic carbocycles. The van der Waals surface area contributed by atoms with Crippen LogP contribution in [-0.2, 0) is 13.6 Å². The number of fused-ring (bicyclic) bond motifs is 1. The summed E-state index contributed by atoms with van der Waals surface area (Å²) in [5.41, 5.74) is 10.9. The minimum atomic E-state index is 0.613. The third-order valence-electron chi connectivity index (χ3n) is 2.83. The van der Waals surface area contributed by atoms with Gasteiger partial charge in [-0.1, -0.05) is 12.1 Å². The SMILES string of the molecule is Cc1ccc(C)c2c1c(CN)cn2C. The number of hydrogen-bond donors (Lipinski definition) is 1. The van der Waals surface area contributed by atoms with Gasteiger partial charge in [-0.3, -0.25) is 0 Å². The van der Waals surface area contributed by atoms with Gasteiger partial charge in [-0.15, -0.1) is 0 Å². The van der Waals surface area contributed by atoms with Crippen molar-refractivity contribution < 1.29 is 0 Å². The predicted molar refractivity (Wildman–Crippen MR) is 60.3 cm³/mol. The van der Waals surface area contributed by atoms with E-state index in [2.05, 4.69) is 43.8 Å². The van der Waals surface area contributed by atoms with E-state index in [1.54, 1.807) is 0 Å². The van der Waals surface area contributed by atoms with E-state index in [1.807, 2.05) is 0 Å².